The molecule has 2 fully saturated rings. The first kappa shape index (κ1) is 25.4. The highest BCUT2D eigenvalue weighted by Crippen LogP contribution is 2.34. The van der Waals surface area contributed by atoms with E-state index in [0.29, 0.717) is 25.4 Å². The zero-order valence-electron chi connectivity index (χ0n) is 20.6. The van der Waals surface area contributed by atoms with Crippen molar-refractivity contribution >= 4 is 23.6 Å². The number of unbranched alkanes of at least 4 members (excludes halogenated alkanes) is 2. The molecule has 1 N–H and O–H groups in total. The lowest BCUT2D eigenvalue weighted by atomic mass is 9.80. The molecule has 0 aromatic heterocycles. The Morgan fingerprint density at radius 2 is 1.64 bits per heavy atom. The molecule has 0 aromatic rings. The number of carbonyl (C=O) groups excluding carboxylic acids is 4. The summed E-state index contributed by atoms with van der Waals surface area (Å²) < 4.78 is 0. The quantitative estimate of drug-likeness (QED) is 0.423. The number of hydrogen-bond acceptors (Lipinski definition) is 4. The van der Waals surface area contributed by atoms with E-state index in [1.165, 1.54) is 17.1 Å². The smallest absolute Gasteiger partial charge is 0.253 e. The van der Waals surface area contributed by atoms with Gasteiger partial charge < -0.3 is 10.2 Å². The Labute approximate surface area is 198 Å². The Balaban J connectivity index is 1.23. The van der Waals surface area contributed by atoms with Gasteiger partial charge in [-0.25, -0.2) is 0 Å². The molecule has 0 radical (unpaired) electrons. The van der Waals surface area contributed by atoms with Crippen LogP contribution in [0.5, 0.6) is 0 Å². The van der Waals surface area contributed by atoms with Gasteiger partial charge in [-0.05, 0) is 62.2 Å². The number of nitrogens with one attached hydrogen (secondary N) is 1. The highest BCUT2D eigenvalue weighted by Gasteiger charge is 2.33. The van der Waals surface area contributed by atoms with E-state index >= 15 is 0 Å². The third-order valence-corrected chi connectivity index (χ3v) is 7.69. The van der Waals surface area contributed by atoms with Crippen molar-refractivity contribution in [3.8, 4) is 0 Å². The molecule has 1 saturated carbocycles. The van der Waals surface area contributed by atoms with Crippen molar-refractivity contribution in [3.63, 3.8) is 0 Å². The number of likely N-dealkylation sites (tertiary alicyclic amines) is 1. The molecule has 2 aliphatic heterocycles. The maximum atomic E-state index is 12.5. The summed E-state index contributed by atoms with van der Waals surface area (Å²) in [4.78, 5) is 51.7. The van der Waals surface area contributed by atoms with Crippen molar-refractivity contribution in [2.75, 3.05) is 26.2 Å². The predicted octanol–water partition coefficient (Wildman–Crippen LogP) is 3.29. The minimum atomic E-state index is -0.226. The molecule has 1 unspecified atom stereocenters. The number of imide groups is 1. The molecule has 3 aliphatic rings. The van der Waals surface area contributed by atoms with Crippen LogP contribution < -0.4 is 5.32 Å². The molecule has 3 rings (SSSR count). The molecule has 7 heteroatoms. The van der Waals surface area contributed by atoms with Crippen LogP contribution in [0.4, 0.5) is 0 Å². The SMILES string of the molecule is CC(C)(C)C1CCN(C(=O)CCCCCNC(=O)C2CCC(CN3C(=O)C=CC3=O)CC2)C1. The highest BCUT2D eigenvalue weighted by molar-refractivity contribution is 6.12. The van der Waals surface area contributed by atoms with Gasteiger partial charge in [0, 0.05) is 50.7 Å². The van der Waals surface area contributed by atoms with Gasteiger partial charge in [-0.15, -0.1) is 0 Å². The summed E-state index contributed by atoms with van der Waals surface area (Å²) in [6.07, 6.45) is 10.4. The lowest BCUT2D eigenvalue weighted by Crippen LogP contribution is -2.38. The van der Waals surface area contributed by atoms with E-state index < -0.39 is 0 Å². The number of amides is 4. The second kappa shape index (κ2) is 11.3. The zero-order valence-corrected chi connectivity index (χ0v) is 20.6. The maximum Gasteiger partial charge on any atom is 0.253 e. The molecule has 0 aromatic carbocycles. The van der Waals surface area contributed by atoms with Crippen LogP contribution in [0.1, 0.15) is 78.6 Å². The fourth-order valence-corrected chi connectivity index (χ4v) is 5.26. The Kier molecular flexibility index (Phi) is 8.71. The van der Waals surface area contributed by atoms with Gasteiger partial charge in [-0.2, -0.15) is 0 Å². The second-order valence-corrected chi connectivity index (χ2v) is 11.1. The number of rotatable bonds is 9. The summed E-state index contributed by atoms with van der Waals surface area (Å²) in [6, 6.07) is 0. The maximum absolute atomic E-state index is 12.5. The van der Waals surface area contributed by atoms with Crippen molar-refractivity contribution in [2.45, 2.75) is 78.6 Å². The van der Waals surface area contributed by atoms with Crippen LogP contribution in [-0.4, -0.2) is 59.6 Å². The molecule has 33 heavy (non-hydrogen) atoms. The minimum absolute atomic E-state index is 0.0249. The number of carbonyl (C=O) groups is 4. The van der Waals surface area contributed by atoms with E-state index in [2.05, 4.69) is 26.1 Å². The van der Waals surface area contributed by atoms with Crippen molar-refractivity contribution in [1.29, 1.82) is 0 Å². The second-order valence-electron chi connectivity index (χ2n) is 11.1. The van der Waals surface area contributed by atoms with E-state index in [1.54, 1.807) is 0 Å². The fraction of sp³-hybridized carbons (Fsp3) is 0.769. The summed E-state index contributed by atoms with van der Waals surface area (Å²) in [5, 5.41) is 3.06. The standard InChI is InChI=1S/C26H41N3O4/c1-26(2,3)21-14-16-28(18-21)22(30)7-5-4-6-15-27-25(33)20-10-8-19(9-11-20)17-29-23(31)12-13-24(29)32/h12-13,19-21H,4-11,14-18H2,1-3H3,(H,27,33). The lowest BCUT2D eigenvalue weighted by Gasteiger charge is -2.30. The summed E-state index contributed by atoms with van der Waals surface area (Å²) in [5.41, 5.74) is 0.260. The Morgan fingerprint density at radius 1 is 0.970 bits per heavy atom. The van der Waals surface area contributed by atoms with E-state index in [1.807, 2.05) is 4.90 Å². The van der Waals surface area contributed by atoms with E-state index in [4.69, 9.17) is 0 Å². The van der Waals surface area contributed by atoms with Crippen LogP contribution in [-0.2, 0) is 19.2 Å². The van der Waals surface area contributed by atoms with Crippen LogP contribution >= 0.6 is 0 Å². The van der Waals surface area contributed by atoms with Crippen molar-refractivity contribution < 1.29 is 19.2 Å². The molecule has 1 aliphatic carbocycles. The minimum Gasteiger partial charge on any atom is -0.356 e. The molecule has 1 atom stereocenters. The zero-order chi connectivity index (χ0) is 24.0. The first-order chi connectivity index (χ1) is 15.6. The average Bonchev–Trinajstić information content (AvgIpc) is 3.39. The Hall–Kier alpha value is -2.18. The van der Waals surface area contributed by atoms with Crippen LogP contribution in [0, 0.1) is 23.2 Å². The van der Waals surface area contributed by atoms with Gasteiger partial charge in [0.2, 0.25) is 11.8 Å². The van der Waals surface area contributed by atoms with Gasteiger partial charge in [0.25, 0.3) is 11.8 Å². The number of nitrogens with zero attached hydrogens (tertiary/aromatic N) is 2. The van der Waals surface area contributed by atoms with Crippen LogP contribution in [0.15, 0.2) is 12.2 Å². The van der Waals surface area contributed by atoms with Crippen LogP contribution in [0.3, 0.4) is 0 Å². The van der Waals surface area contributed by atoms with Gasteiger partial charge in [0.1, 0.15) is 0 Å². The third-order valence-electron chi connectivity index (χ3n) is 7.69. The normalized spacial score (nSPS) is 25.7. The van der Waals surface area contributed by atoms with Gasteiger partial charge in [-0.3, -0.25) is 24.1 Å². The van der Waals surface area contributed by atoms with Gasteiger partial charge in [0.15, 0.2) is 0 Å². The fourth-order valence-electron chi connectivity index (χ4n) is 5.26. The summed E-state index contributed by atoms with van der Waals surface area (Å²) >= 11 is 0. The highest BCUT2D eigenvalue weighted by atomic mass is 16.2. The molecule has 7 nitrogen and oxygen atoms in total. The van der Waals surface area contributed by atoms with Crippen LogP contribution in [0.25, 0.3) is 0 Å². The van der Waals surface area contributed by atoms with Gasteiger partial charge in [-0.1, -0.05) is 27.2 Å². The monoisotopic (exact) mass is 459 g/mol. The number of hydrogen-bond donors (Lipinski definition) is 1. The van der Waals surface area contributed by atoms with Gasteiger partial charge in [0.05, 0.1) is 0 Å². The molecule has 1 saturated heterocycles. The first-order valence-electron chi connectivity index (χ1n) is 12.7. The van der Waals surface area contributed by atoms with E-state index in [9.17, 15) is 19.2 Å². The molecule has 2 heterocycles. The summed E-state index contributed by atoms with van der Waals surface area (Å²) in [5.74, 6) is 0.840. The van der Waals surface area contributed by atoms with Crippen molar-refractivity contribution in [2.24, 2.45) is 23.2 Å². The predicted molar refractivity (Wildman–Crippen MR) is 127 cm³/mol. The molecule has 184 valence electrons. The Morgan fingerprint density at radius 3 is 2.24 bits per heavy atom. The molecule has 0 bridgehead atoms. The summed E-state index contributed by atoms with van der Waals surface area (Å²) in [6.45, 7) is 9.66. The van der Waals surface area contributed by atoms with Gasteiger partial charge >= 0.3 is 0 Å². The van der Waals surface area contributed by atoms with E-state index in [0.717, 1.165) is 64.5 Å². The Bertz CT molecular complexity index is 744. The largest absolute Gasteiger partial charge is 0.356 e. The lowest BCUT2D eigenvalue weighted by molar-refractivity contribution is -0.138. The van der Waals surface area contributed by atoms with Crippen molar-refractivity contribution in [3.05, 3.63) is 12.2 Å². The third kappa shape index (κ3) is 7.15. The average molecular weight is 460 g/mol. The molecule has 4 amide bonds. The van der Waals surface area contributed by atoms with E-state index in [-0.39, 0.29) is 40.9 Å². The molecular formula is C26H41N3O4. The molecular weight excluding hydrogens is 418 g/mol. The topological polar surface area (TPSA) is 86.8 Å². The van der Waals surface area contributed by atoms with Crippen molar-refractivity contribution in [1.82, 2.24) is 15.1 Å². The first-order valence-corrected chi connectivity index (χ1v) is 12.7. The molecule has 0 spiro atoms. The van der Waals surface area contributed by atoms with Crippen LogP contribution in [0.2, 0.25) is 0 Å². The summed E-state index contributed by atoms with van der Waals surface area (Å²) in [7, 11) is 0.